The first-order chi connectivity index (χ1) is 8.89. The zero-order chi connectivity index (χ0) is 14.1. The minimum absolute atomic E-state index is 0.0224. The lowest BCUT2D eigenvalue weighted by molar-refractivity contribution is 0.300. The van der Waals surface area contributed by atoms with Gasteiger partial charge < -0.3 is 5.73 Å². The molecule has 4 heteroatoms. The van der Waals surface area contributed by atoms with E-state index >= 15 is 0 Å². The van der Waals surface area contributed by atoms with Gasteiger partial charge in [0.25, 0.3) is 0 Å². The predicted octanol–water partition coefficient (Wildman–Crippen LogP) is 2.56. The standard InChI is InChI=1S/C15H23NO2S/c1-12-6-7-13(10-14(12)19(2,17)18)15(11-16)8-4-3-5-9-15/h6-7,10H,3-5,8-9,11,16H2,1-2H3. The summed E-state index contributed by atoms with van der Waals surface area (Å²) in [5.74, 6) is 0. The Kier molecular flexibility index (Phi) is 4.02. The summed E-state index contributed by atoms with van der Waals surface area (Å²) in [4.78, 5) is 0.448. The largest absolute Gasteiger partial charge is 0.330 e. The van der Waals surface area contributed by atoms with Crippen molar-refractivity contribution < 1.29 is 8.42 Å². The van der Waals surface area contributed by atoms with Crippen LogP contribution >= 0.6 is 0 Å². The maximum Gasteiger partial charge on any atom is 0.175 e. The summed E-state index contributed by atoms with van der Waals surface area (Å²) in [6, 6.07) is 5.82. The predicted molar refractivity (Wildman–Crippen MR) is 78.1 cm³/mol. The lowest BCUT2D eigenvalue weighted by Crippen LogP contribution is -2.37. The highest BCUT2D eigenvalue weighted by Gasteiger charge is 2.33. The van der Waals surface area contributed by atoms with Gasteiger partial charge in [0.15, 0.2) is 9.84 Å². The molecule has 1 aliphatic carbocycles. The van der Waals surface area contributed by atoms with Crippen LogP contribution in [0.15, 0.2) is 23.1 Å². The van der Waals surface area contributed by atoms with E-state index < -0.39 is 9.84 Å². The number of nitrogens with two attached hydrogens (primary N) is 1. The Bertz CT molecular complexity index is 558. The summed E-state index contributed by atoms with van der Waals surface area (Å²) in [7, 11) is -3.17. The number of benzene rings is 1. The van der Waals surface area contributed by atoms with Gasteiger partial charge in [0.2, 0.25) is 0 Å². The molecular formula is C15H23NO2S. The number of rotatable bonds is 3. The molecule has 0 atom stereocenters. The van der Waals surface area contributed by atoms with E-state index in [2.05, 4.69) is 6.07 Å². The van der Waals surface area contributed by atoms with Crippen molar-refractivity contribution in [1.82, 2.24) is 0 Å². The third kappa shape index (κ3) is 2.84. The zero-order valence-electron chi connectivity index (χ0n) is 11.8. The molecule has 0 saturated heterocycles. The van der Waals surface area contributed by atoms with Gasteiger partial charge in [0.1, 0.15) is 0 Å². The molecule has 1 aliphatic rings. The molecule has 1 aromatic carbocycles. The Balaban J connectivity index is 2.50. The monoisotopic (exact) mass is 281 g/mol. The molecule has 1 saturated carbocycles. The molecule has 2 rings (SSSR count). The average Bonchev–Trinajstić information content (AvgIpc) is 2.38. The Hall–Kier alpha value is -0.870. The maximum absolute atomic E-state index is 11.9. The Morgan fingerprint density at radius 2 is 1.84 bits per heavy atom. The van der Waals surface area contributed by atoms with Crippen molar-refractivity contribution in [3.8, 4) is 0 Å². The summed E-state index contributed by atoms with van der Waals surface area (Å²) in [6.07, 6.45) is 7.02. The lowest BCUT2D eigenvalue weighted by atomic mass is 9.69. The van der Waals surface area contributed by atoms with Gasteiger partial charge in [-0.3, -0.25) is 0 Å². The Morgan fingerprint density at radius 3 is 2.37 bits per heavy atom. The van der Waals surface area contributed by atoms with Crippen molar-refractivity contribution in [2.24, 2.45) is 5.73 Å². The van der Waals surface area contributed by atoms with E-state index in [0.29, 0.717) is 11.4 Å². The molecule has 0 radical (unpaired) electrons. The van der Waals surface area contributed by atoms with Crippen molar-refractivity contribution >= 4 is 9.84 Å². The summed E-state index contributed by atoms with van der Waals surface area (Å²) < 4.78 is 23.7. The van der Waals surface area contributed by atoms with Gasteiger partial charge >= 0.3 is 0 Å². The quantitative estimate of drug-likeness (QED) is 0.926. The molecule has 0 aliphatic heterocycles. The highest BCUT2D eigenvalue weighted by molar-refractivity contribution is 7.90. The van der Waals surface area contributed by atoms with Crippen molar-refractivity contribution in [3.05, 3.63) is 29.3 Å². The summed E-state index contributed by atoms with van der Waals surface area (Å²) >= 11 is 0. The van der Waals surface area contributed by atoms with Crippen LogP contribution in [-0.4, -0.2) is 21.2 Å². The fourth-order valence-electron chi connectivity index (χ4n) is 3.17. The Labute approximate surface area is 116 Å². The number of hydrogen-bond acceptors (Lipinski definition) is 3. The van der Waals surface area contributed by atoms with E-state index in [1.54, 1.807) is 0 Å². The van der Waals surface area contributed by atoms with Crippen molar-refractivity contribution in [2.75, 3.05) is 12.8 Å². The normalized spacial score (nSPS) is 19.3. The highest BCUT2D eigenvalue weighted by atomic mass is 32.2. The molecule has 19 heavy (non-hydrogen) atoms. The SMILES string of the molecule is Cc1ccc(C2(CN)CCCCC2)cc1S(C)(=O)=O. The second-order valence-electron chi connectivity index (χ2n) is 5.80. The van der Waals surface area contributed by atoms with Crippen LogP contribution in [0.4, 0.5) is 0 Å². The van der Waals surface area contributed by atoms with Crippen LogP contribution in [0.3, 0.4) is 0 Å². The van der Waals surface area contributed by atoms with Crippen LogP contribution in [0.2, 0.25) is 0 Å². The molecule has 0 unspecified atom stereocenters. The van der Waals surface area contributed by atoms with Gasteiger partial charge in [-0.2, -0.15) is 0 Å². The molecular weight excluding hydrogens is 258 g/mol. The van der Waals surface area contributed by atoms with Crippen LogP contribution in [0, 0.1) is 6.92 Å². The van der Waals surface area contributed by atoms with Gasteiger partial charge in [-0.1, -0.05) is 31.4 Å². The van der Waals surface area contributed by atoms with Crippen LogP contribution in [-0.2, 0) is 15.3 Å². The van der Waals surface area contributed by atoms with Crippen LogP contribution < -0.4 is 5.73 Å². The average molecular weight is 281 g/mol. The van der Waals surface area contributed by atoms with Gasteiger partial charge in [-0.15, -0.1) is 0 Å². The van der Waals surface area contributed by atoms with E-state index in [4.69, 9.17) is 5.73 Å². The van der Waals surface area contributed by atoms with Gasteiger partial charge in [0.05, 0.1) is 4.90 Å². The first kappa shape index (κ1) is 14.5. The first-order valence-electron chi connectivity index (χ1n) is 6.90. The lowest BCUT2D eigenvalue weighted by Gasteiger charge is -2.37. The van der Waals surface area contributed by atoms with E-state index in [1.807, 2.05) is 19.1 Å². The third-order valence-corrected chi connectivity index (χ3v) is 5.64. The molecule has 3 nitrogen and oxygen atoms in total. The molecule has 0 bridgehead atoms. The molecule has 106 valence electrons. The van der Waals surface area contributed by atoms with Gasteiger partial charge in [-0.05, 0) is 37.0 Å². The maximum atomic E-state index is 11.9. The first-order valence-corrected chi connectivity index (χ1v) is 8.79. The second kappa shape index (κ2) is 5.25. The number of hydrogen-bond donors (Lipinski definition) is 1. The van der Waals surface area contributed by atoms with Gasteiger partial charge in [0, 0.05) is 18.2 Å². The molecule has 0 amide bonds. The topological polar surface area (TPSA) is 60.2 Å². The number of sulfone groups is 1. The van der Waals surface area contributed by atoms with Crippen LogP contribution in [0.1, 0.15) is 43.2 Å². The highest BCUT2D eigenvalue weighted by Crippen LogP contribution is 2.39. The molecule has 0 heterocycles. The Morgan fingerprint density at radius 1 is 1.21 bits per heavy atom. The van der Waals surface area contributed by atoms with Gasteiger partial charge in [-0.25, -0.2) is 8.42 Å². The van der Waals surface area contributed by atoms with Crippen molar-refractivity contribution in [3.63, 3.8) is 0 Å². The third-order valence-electron chi connectivity index (χ3n) is 4.40. The van der Waals surface area contributed by atoms with Crippen molar-refractivity contribution in [1.29, 1.82) is 0 Å². The van der Waals surface area contributed by atoms with E-state index in [-0.39, 0.29) is 5.41 Å². The minimum Gasteiger partial charge on any atom is -0.330 e. The van der Waals surface area contributed by atoms with Crippen molar-refractivity contribution in [2.45, 2.75) is 49.3 Å². The molecule has 1 fully saturated rings. The minimum atomic E-state index is -3.17. The zero-order valence-corrected chi connectivity index (χ0v) is 12.6. The fourth-order valence-corrected chi connectivity index (χ4v) is 4.16. The van der Waals surface area contributed by atoms with E-state index in [9.17, 15) is 8.42 Å². The van der Waals surface area contributed by atoms with E-state index in [1.165, 1.54) is 25.5 Å². The van der Waals surface area contributed by atoms with Crippen LogP contribution in [0.5, 0.6) is 0 Å². The fraction of sp³-hybridized carbons (Fsp3) is 0.600. The number of aryl methyl sites for hydroxylation is 1. The smallest absolute Gasteiger partial charge is 0.175 e. The summed E-state index contributed by atoms with van der Waals surface area (Å²) in [5.41, 5.74) is 7.91. The second-order valence-corrected chi connectivity index (χ2v) is 7.78. The van der Waals surface area contributed by atoms with E-state index in [0.717, 1.165) is 24.0 Å². The molecule has 0 spiro atoms. The molecule has 0 aromatic heterocycles. The summed E-state index contributed by atoms with van der Waals surface area (Å²) in [6.45, 7) is 2.44. The molecule has 2 N–H and O–H groups in total. The molecule has 1 aromatic rings. The van der Waals surface area contributed by atoms with Crippen LogP contribution in [0.25, 0.3) is 0 Å². The summed E-state index contributed by atoms with van der Waals surface area (Å²) in [5, 5.41) is 0.